The zero-order valence-electron chi connectivity index (χ0n) is 18.4. The van der Waals surface area contributed by atoms with Crippen molar-refractivity contribution >= 4 is 20.9 Å². The third-order valence-electron chi connectivity index (χ3n) is 7.24. The summed E-state index contributed by atoms with van der Waals surface area (Å²) in [4.78, 5) is 0.344. The van der Waals surface area contributed by atoms with Gasteiger partial charge in [0.05, 0.1) is 30.2 Å². The molecule has 7 nitrogen and oxygen atoms in total. The van der Waals surface area contributed by atoms with E-state index in [1.165, 1.54) is 5.56 Å². The Labute approximate surface area is 188 Å². The number of sulfonamides is 1. The molecular weight excluding hydrogens is 426 g/mol. The van der Waals surface area contributed by atoms with Gasteiger partial charge in [-0.15, -0.1) is 0 Å². The lowest BCUT2D eigenvalue weighted by atomic mass is 9.69. The minimum atomic E-state index is -3.51. The Kier molecular flexibility index (Phi) is 5.28. The van der Waals surface area contributed by atoms with Crippen molar-refractivity contribution in [1.82, 2.24) is 14.2 Å². The van der Waals surface area contributed by atoms with Gasteiger partial charge in [-0.2, -0.15) is 4.31 Å². The Morgan fingerprint density at radius 1 is 1.16 bits per heavy atom. The number of hydrogen-bond acceptors (Lipinski definition) is 5. The van der Waals surface area contributed by atoms with Crippen LogP contribution < -0.4 is 10.1 Å². The highest BCUT2D eigenvalue weighted by atomic mass is 32.2. The molecule has 5 rings (SSSR count). The maximum Gasteiger partial charge on any atom is 0.243 e. The van der Waals surface area contributed by atoms with Crippen LogP contribution in [0, 0.1) is 0 Å². The van der Waals surface area contributed by atoms with E-state index < -0.39 is 10.0 Å². The van der Waals surface area contributed by atoms with E-state index in [4.69, 9.17) is 4.74 Å². The van der Waals surface area contributed by atoms with Crippen LogP contribution in [0.2, 0.25) is 0 Å². The Balaban J connectivity index is 1.55. The van der Waals surface area contributed by atoms with Gasteiger partial charge in [0, 0.05) is 49.2 Å². The van der Waals surface area contributed by atoms with Gasteiger partial charge in [0.1, 0.15) is 5.75 Å². The normalized spacial score (nSPS) is 21.0. The first kappa shape index (κ1) is 21.5. The first-order valence-electron chi connectivity index (χ1n) is 11.0. The average molecular weight is 456 g/mol. The summed E-state index contributed by atoms with van der Waals surface area (Å²) in [7, 11) is 0.181. The molecule has 2 aliphatic rings. The predicted molar refractivity (Wildman–Crippen MR) is 123 cm³/mol. The maximum absolute atomic E-state index is 13.1. The molecule has 1 atom stereocenters. The van der Waals surface area contributed by atoms with Gasteiger partial charge in [-0.05, 0) is 42.7 Å². The van der Waals surface area contributed by atoms with Crippen LogP contribution in [0.15, 0.2) is 53.4 Å². The molecule has 3 aromatic rings. The molecule has 0 radical (unpaired) electrons. The van der Waals surface area contributed by atoms with Gasteiger partial charge in [-0.1, -0.05) is 18.2 Å². The van der Waals surface area contributed by atoms with Crippen LogP contribution in [0.5, 0.6) is 5.75 Å². The number of aliphatic hydroxyl groups excluding tert-OH is 1. The molecule has 1 fully saturated rings. The fraction of sp³-hybridized carbons (Fsp3) is 0.417. The summed E-state index contributed by atoms with van der Waals surface area (Å²) in [5, 5.41) is 14.7. The number of aryl methyl sites for hydroxylation is 1. The van der Waals surface area contributed by atoms with Crippen molar-refractivity contribution in [2.24, 2.45) is 7.05 Å². The molecule has 0 amide bonds. The molecule has 2 N–H and O–H groups in total. The van der Waals surface area contributed by atoms with E-state index >= 15 is 0 Å². The fourth-order valence-electron chi connectivity index (χ4n) is 5.51. The molecule has 0 aliphatic carbocycles. The molecule has 32 heavy (non-hydrogen) atoms. The van der Waals surface area contributed by atoms with Crippen LogP contribution in [0.3, 0.4) is 0 Å². The highest BCUT2D eigenvalue weighted by Crippen LogP contribution is 2.47. The van der Waals surface area contributed by atoms with Gasteiger partial charge >= 0.3 is 0 Å². The van der Waals surface area contributed by atoms with E-state index in [1.807, 2.05) is 25.2 Å². The van der Waals surface area contributed by atoms with E-state index in [2.05, 4.69) is 16.0 Å². The number of fused-ring (bicyclic) bond motifs is 4. The summed E-state index contributed by atoms with van der Waals surface area (Å²) < 4.78 is 35.5. The maximum atomic E-state index is 13.1. The lowest BCUT2D eigenvalue weighted by molar-refractivity contribution is 0.176. The van der Waals surface area contributed by atoms with E-state index in [-0.39, 0.29) is 18.1 Å². The van der Waals surface area contributed by atoms with Crippen LogP contribution in [0.4, 0.5) is 0 Å². The topological polar surface area (TPSA) is 83.8 Å². The molecule has 0 saturated carbocycles. The summed E-state index contributed by atoms with van der Waals surface area (Å²) in [5.41, 5.74) is 3.21. The number of nitrogens with one attached hydrogen (secondary N) is 1. The Hall–Kier alpha value is -2.39. The highest BCUT2D eigenvalue weighted by Gasteiger charge is 2.46. The molecule has 1 spiro atoms. The summed E-state index contributed by atoms with van der Waals surface area (Å²) >= 11 is 0. The second kappa shape index (κ2) is 7.88. The molecule has 170 valence electrons. The number of aliphatic hydroxyl groups is 1. The third kappa shape index (κ3) is 3.16. The monoisotopic (exact) mass is 455 g/mol. The van der Waals surface area contributed by atoms with Crippen LogP contribution in [-0.4, -0.2) is 55.7 Å². The predicted octanol–water partition coefficient (Wildman–Crippen LogP) is 2.55. The van der Waals surface area contributed by atoms with Crippen LogP contribution in [0.25, 0.3) is 10.9 Å². The van der Waals surface area contributed by atoms with E-state index in [9.17, 15) is 13.5 Å². The van der Waals surface area contributed by atoms with Crippen LogP contribution in [0.1, 0.15) is 30.1 Å². The molecule has 8 heteroatoms. The molecule has 0 unspecified atom stereocenters. The number of aromatic nitrogens is 1. The van der Waals surface area contributed by atoms with Crippen LogP contribution >= 0.6 is 0 Å². The summed E-state index contributed by atoms with van der Waals surface area (Å²) in [6.45, 7) is 1.66. The Morgan fingerprint density at radius 3 is 2.53 bits per heavy atom. The summed E-state index contributed by atoms with van der Waals surface area (Å²) in [6.07, 6.45) is 1.45. The number of rotatable bonds is 4. The smallest absolute Gasteiger partial charge is 0.243 e. The molecule has 2 aliphatic heterocycles. The van der Waals surface area contributed by atoms with Gasteiger partial charge in [-0.3, -0.25) is 0 Å². The van der Waals surface area contributed by atoms with Crippen molar-refractivity contribution < 1.29 is 18.3 Å². The Morgan fingerprint density at radius 2 is 1.88 bits per heavy atom. The number of piperidine rings is 1. The lowest BCUT2D eigenvalue weighted by Gasteiger charge is -2.46. The van der Waals surface area contributed by atoms with Crippen molar-refractivity contribution in [2.45, 2.75) is 29.2 Å². The number of nitrogens with zero attached hydrogens (tertiary/aromatic N) is 2. The van der Waals surface area contributed by atoms with Crippen molar-refractivity contribution in [1.29, 1.82) is 0 Å². The molecule has 1 saturated heterocycles. The molecule has 3 heterocycles. The van der Waals surface area contributed by atoms with Crippen LogP contribution in [-0.2, 0) is 22.5 Å². The van der Waals surface area contributed by atoms with E-state index in [0.29, 0.717) is 18.0 Å². The standard InChI is InChI=1S/C24H29N3O4S/c1-26-21-14-17(31-2)8-9-19(21)22-23(26)20(15-28)25-16-24(22)10-12-27(13-11-24)32(29,30)18-6-4-3-5-7-18/h3-9,14,20,25,28H,10-13,15-16H2,1-2H3/t20-/m1/s1. The number of benzene rings is 2. The SMILES string of the molecule is COc1ccc2c3c(n(C)c2c1)[C@@H](CO)NCC31CCN(S(=O)(=O)c2ccccc2)CC1. The van der Waals surface area contributed by atoms with E-state index in [1.54, 1.807) is 35.7 Å². The molecule has 1 aromatic heterocycles. The molecule has 2 aromatic carbocycles. The van der Waals surface area contributed by atoms with Gasteiger partial charge in [0.25, 0.3) is 0 Å². The quantitative estimate of drug-likeness (QED) is 0.632. The minimum absolute atomic E-state index is 0.0128. The van der Waals surface area contributed by atoms with Crippen molar-refractivity contribution in [3.05, 3.63) is 59.8 Å². The second-order valence-electron chi connectivity index (χ2n) is 8.82. The number of ether oxygens (including phenoxy) is 1. The summed E-state index contributed by atoms with van der Waals surface area (Å²) in [5.74, 6) is 0.793. The largest absolute Gasteiger partial charge is 0.497 e. The minimum Gasteiger partial charge on any atom is -0.497 e. The third-order valence-corrected chi connectivity index (χ3v) is 9.16. The van der Waals surface area contributed by atoms with Crippen molar-refractivity contribution in [3.63, 3.8) is 0 Å². The van der Waals surface area contributed by atoms with Gasteiger partial charge in [0.2, 0.25) is 10.0 Å². The number of methoxy groups -OCH3 is 1. The van der Waals surface area contributed by atoms with Gasteiger partial charge < -0.3 is 19.7 Å². The first-order chi connectivity index (χ1) is 15.4. The highest BCUT2D eigenvalue weighted by molar-refractivity contribution is 7.89. The molecular formula is C24H29N3O4S. The summed E-state index contributed by atoms with van der Waals surface area (Å²) in [6, 6.07) is 14.6. The van der Waals surface area contributed by atoms with Crippen molar-refractivity contribution in [2.75, 3.05) is 33.4 Å². The first-order valence-corrected chi connectivity index (χ1v) is 12.4. The second-order valence-corrected chi connectivity index (χ2v) is 10.8. The fourth-order valence-corrected chi connectivity index (χ4v) is 6.97. The number of hydrogen-bond donors (Lipinski definition) is 2. The average Bonchev–Trinajstić information content (AvgIpc) is 3.13. The lowest BCUT2D eigenvalue weighted by Crippen LogP contribution is -2.53. The Bertz CT molecular complexity index is 1250. The molecule has 0 bridgehead atoms. The zero-order chi connectivity index (χ0) is 22.5. The zero-order valence-corrected chi connectivity index (χ0v) is 19.2. The van der Waals surface area contributed by atoms with Crippen molar-refractivity contribution in [3.8, 4) is 5.75 Å². The van der Waals surface area contributed by atoms with E-state index in [0.717, 1.165) is 41.7 Å². The van der Waals surface area contributed by atoms with Gasteiger partial charge in [0.15, 0.2) is 0 Å². The van der Waals surface area contributed by atoms with Gasteiger partial charge in [-0.25, -0.2) is 8.42 Å².